The molecule has 0 heterocycles. The van der Waals surface area contributed by atoms with Gasteiger partial charge in [0.2, 0.25) is 5.91 Å². The van der Waals surface area contributed by atoms with Crippen LogP contribution < -0.4 is 5.32 Å². The maximum absolute atomic E-state index is 12.5. The highest BCUT2D eigenvalue weighted by molar-refractivity contribution is 5.76. The molecule has 0 bridgehead atoms. The molecular formula is C74H139NO5. The molecule has 2 atom stereocenters. The number of allylic oxidation sites excluding steroid dienone is 7. The van der Waals surface area contributed by atoms with Crippen molar-refractivity contribution in [2.75, 3.05) is 13.2 Å². The fraction of sp³-hybridized carbons (Fsp3) is 0.865. The Kier molecular flexibility index (Phi) is 67.4. The van der Waals surface area contributed by atoms with E-state index in [0.717, 1.165) is 51.4 Å². The Hall–Kier alpha value is -2.18. The second kappa shape index (κ2) is 69.3. The average molecular weight is 1120 g/mol. The highest BCUT2D eigenvalue weighted by Crippen LogP contribution is 2.18. The fourth-order valence-corrected chi connectivity index (χ4v) is 11.1. The molecule has 0 fully saturated rings. The van der Waals surface area contributed by atoms with Crippen molar-refractivity contribution < 1.29 is 24.5 Å². The first kappa shape index (κ1) is 77.8. The lowest BCUT2D eigenvalue weighted by Gasteiger charge is -2.20. The van der Waals surface area contributed by atoms with Crippen LogP contribution in [0, 0.1) is 0 Å². The number of ether oxygens (including phenoxy) is 1. The second-order valence-electron chi connectivity index (χ2n) is 24.6. The predicted octanol–water partition coefficient (Wildman–Crippen LogP) is 23.3. The quantitative estimate of drug-likeness (QED) is 0.0320. The van der Waals surface area contributed by atoms with Gasteiger partial charge in [0.25, 0.3) is 0 Å². The van der Waals surface area contributed by atoms with Crippen LogP contribution in [0.2, 0.25) is 0 Å². The molecule has 2 unspecified atom stereocenters. The summed E-state index contributed by atoms with van der Waals surface area (Å²) in [5, 5.41) is 23.2. The van der Waals surface area contributed by atoms with Gasteiger partial charge in [-0.15, -0.1) is 0 Å². The molecule has 6 heteroatoms. The Labute approximate surface area is 499 Å². The van der Waals surface area contributed by atoms with Crippen molar-refractivity contribution in [1.29, 1.82) is 0 Å². The smallest absolute Gasteiger partial charge is 0.305 e. The van der Waals surface area contributed by atoms with Crippen molar-refractivity contribution in [3.8, 4) is 0 Å². The van der Waals surface area contributed by atoms with Crippen molar-refractivity contribution in [1.82, 2.24) is 5.32 Å². The van der Waals surface area contributed by atoms with Crippen LogP contribution >= 0.6 is 0 Å². The van der Waals surface area contributed by atoms with E-state index in [1.54, 1.807) is 6.08 Å². The Morgan fingerprint density at radius 3 is 0.963 bits per heavy atom. The zero-order valence-electron chi connectivity index (χ0n) is 53.8. The molecule has 0 aromatic rings. The van der Waals surface area contributed by atoms with Gasteiger partial charge >= 0.3 is 5.97 Å². The molecule has 0 aliphatic heterocycles. The summed E-state index contributed by atoms with van der Waals surface area (Å²) < 4.78 is 5.50. The first-order valence-corrected chi connectivity index (χ1v) is 35.9. The molecule has 0 spiro atoms. The summed E-state index contributed by atoms with van der Waals surface area (Å²) in [5.41, 5.74) is 0. The zero-order valence-corrected chi connectivity index (χ0v) is 53.8. The lowest BCUT2D eigenvalue weighted by Crippen LogP contribution is -2.45. The Morgan fingerprint density at radius 2 is 0.625 bits per heavy atom. The van der Waals surface area contributed by atoms with Gasteiger partial charge in [-0.2, -0.15) is 0 Å². The van der Waals surface area contributed by atoms with E-state index in [9.17, 15) is 19.8 Å². The van der Waals surface area contributed by atoms with Crippen LogP contribution in [0.5, 0.6) is 0 Å². The number of hydrogen-bond acceptors (Lipinski definition) is 5. The Morgan fingerprint density at radius 1 is 0.350 bits per heavy atom. The van der Waals surface area contributed by atoms with Crippen LogP contribution in [0.4, 0.5) is 0 Å². The van der Waals surface area contributed by atoms with Gasteiger partial charge in [0, 0.05) is 12.8 Å². The summed E-state index contributed by atoms with van der Waals surface area (Å²) in [6.07, 6.45) is 90.5. The van der Waals surface area contributed by atoms with E-state index in [-0.39, 0.29) is 18.5 Å². The van der Waals surface area contributed by atoms with Crippen LogP contribution in [0.25, 0.3) is 0 Å². The molecule has 0 saturated heterocycles. The third-order valence-electron chi connectivity index (χ3n) is 16.6. The lowest BCUT2D eigenvalue weighted by molar-refractivity contribution is -0.143. The number of carbonyl (C=O) groups excluding carboxylic acids is 2. The molecule has 6 nitrogen and oxygen atoms in total. The molecule has 0 saturated carbocycles. The molecule has 0 aliphatic rings. The van der Waals surface area contributed by atoms with E-state index in [0.29, 0.717) is 19.4 Å². The zero-order chi connectivity index (χ0) is 57.8. The van der Waals surface area contributed by atoms with Crippen LogP contribution in [0.1, 0.15) is 386 Å². The van der Waals surface area contributed by atoms with E-state index in [1.165, 1.54) is 308 Å². The molecule has 0 aromatic heterocycles. The molecule has 0 radical (unpaired) electrons. The Balaban J connectivity index is 3.42. The highest BCUT2D eigenvalue weighted by Gasteiger charge is 2.18. The summed E-state index contributed by atoms with van der Waals surface area (Å²) in [6.45, 7) is 4.92. The van der Waals surface area contributed by atoms with Crippen molar-refractivity contribution in [3.63, 3.8) is 0 Å². The van der Waals surface area contributed by atoms with Crippen molar-refractivity contribution in [2.24, 2.45) is 0 Å². The van der Waals surface area contributed by atoms with Crippen LogP contribution in [-0.2, 0) is 14.3 Å². The molecule has 80 heavy (non-hydrogen) atoms. The van der Waals surface area contributed by atoms with Gasteiger partial charge < -0.3 is 20.3 Å². The minimum Gasteiger partial charge on any atom is -0.466 e. The molecule has 1 amide bonds. The summed E-state index contributed by atoms with van der Waals surface area (Å²) in [5.74, 6) is -0.0589. The van der Waals surface area contributed by atoms with Gasteiger partial charge in [0.15, 0.2) is 0 Å². The number of carbonyl (C=O) groups is 2. The molecular weight excluding hydrogens is 983 g/mol. The number of rotatable bonds is 67. The maximum atomic E-state index is 12.5. The van der Waals surface area contributed by atoms with Gasteiger partial charge in [-0.05, 0) is 89.9 Å². The normalized spacial score (nSPS) is 12.8. The summed E-state index contributed by atoms with van der Waals surface area (Å²) in [6, 6.07) is -0.631. The van der Waals surface area contributed by atoms with Gasteiger partial charge in [-0.1, -0.05) is 332 Å². The van der Waals surface area contributed by atoms with E-state index in [2.05, 4.69) is 55.6 Å². The Bertz CT molecular complexity index is 1340. The van der Waals surface area contributed by atoms with Crippen molar-refractivity contribution in [2.45, 2.75) is 398 Å². The first-order valence-electron chi connectivity index (χ1n) is 35.9. The number of aliphatic hydroxyl groups excluding tert-OH is 2. The lowest BCUT2D eigenvalue weighted by atomic mass is 10.0. The number of amides is 1. The largest absolute Gasteiger partial charge is 0.466 e. The third kappa shape index (κ3) is 65.0. The van der Waals surface area contributed by atoms with Gasteiger partial charge in [0.05, 0.1) is 25.4 Å². The molecule has 0 aromatic carbocycles. The van der Waals surface area contributed by atoms with E-state index < -0.39 is 12.1 Å². The highest BCUT2D eigenvalue weighted by atomic mass is 16.5. The number of esters is 1. The van der Waals surface area contributed by atoms with E-state index in [1.807, 2.05) is 6.08 Å². The van der Waals surface area contributed by atoms with Gasteiger partial charge in [-0.3, -0.25) is 9.59 Å². The van der Waals surface area contributed by atoms with Crippen molar-refractivity contribution >= 4 is 11.9 Å². The molecule has 470 valence electrons. The predicted molar refractivity (Wildman–Crippen MR) is 352 cm³/mol. The first-order chi connectivity index (χ1) is 39.5. The minimum atomic E-state index is -0.848. The third-order valence-corrected chi connectivity index (χ3v) is 16.6. The van der Waals surface area contributed by atoms with E-state index >= 15 is 0 Å². The minimum absolute atomic E-state index is 0.0101. The van der Waals surface area contributed by atoms with Crippen LogP contribution in [0.15, 0.2) is 48.6 Å². The van der Waals surface area contributed by atoms with Crippen LogP contribution in [-0.4, -0.2) is 47.4 Å². The van der Waals surface area contributed by atoms with Crippen LogP contribution in [0.3, 0.4) is 0 Å². The monoisotopic (exact) mass is 1120 g/mol. The standard InChI is InChI=1S/C74H139NO5/c1-3-5-7-9-11-13-15-17-19-21-31-36-40-44-48-52-56-60-64-68-74(79)80-69-65-61-57-53-49-45-41-37-33-30-28-26-24-22-23-25-27-29-32-35-39-43-47-51-55-59-63-67-73(78)75-71(70-76)72(77)66-62-58-54-50-46-42-38-34-20-18-16-14-12-10-8-6-4-2/h17,19,22-23,26,28,62,66,71-72,76-77H,3-16,18,20-21,24-25,27,29-61,63-65,67-70H2,1-2H3,(H,75,78)/b19-17-,23-22-,28-26-,66-62+. The average Bonchev–Trinajstić information content (AvgIpc) is 3.46. The molecule has 0 aliphatic carbocycles. The molecule has 3 N–H and O–H groups in total. The van der Waals surface area contributed by atoms with Gasteiger partial charge in [-0.25, -0.2) is 0 Å². The molecule has 0 rings (SSSR count). The number of unbranched alkanes of at least 4 members (excludes halogenated alkanes) is 50. The summed E-state index contributed by atoms with van der Waals surface area (Å²) in [7, 11) is 0. The SMILES string of the molecule is CCCCCCCC/C=C\CCCCCCCCCCCC(=O)OCCCCCCCCCCC/C=C\C/C=C\CCCCCCCCCCCCCC(=O)NC(CO)C(O)/C=C/CCCCCCCCCCCCCCCCC. The number of hydrogen-bond donors (Lipinski definition) is 3. The van der Waals surface area contributed by atoms with E-state index in [4.69, 9.17) is 4.74 Å². The number of aliphatic hydroxyl groups is 2. The van der Waals surface area contributed by atoms with Gasteiger partial charge in [0.1, 0.15) is 0 Å². The second-order valence-corrected chi connectivity index (χ2v) is 24.6. The summed E-state index contributed by atoms with van der Waals surface area (Å²) in [4.78, 5) is 24.6. The fourth-order valence-electron chi connectivity index (χ4n) is 11.1. The topological polar surface area (TPSA) is 95.9 Å². The number of nitrogens with one attached hydrogen (secondary N) is 1. The summed E-state index contributed by atoms with van der Waals surface area (Å²) >= 11 is 0. The maximum Gasteiger partial charge on any atom is 0.305 e. The van der Waals surface area contributed by atoms with Crippen molar-refractivity contribution in [3.05, 3.63) is 48.6 Å².